The van der Waals surface area contributed by atoms with E-state index in [0.717, 1.165) is 0 Å². The van der Waals surface area contributed by atoms with Gasteiger partial charge >= 0.3 is 0 Å². The second kappa shape index (κ2) is 28.3. The smallest absolute Gasteiger partial charge is 0.0776 e. The van der Waals surface area contributed by atoms with E-state index in [1.807, 2.05) is 0 Å². The van der Waals surface area contributed by atoms with Crippen LogP contribution < -0.4 is 0 Å². The zero-order valence-corrected chi connectivity index (χ0v) is 4.80. The Morgan fingerprint density at radius 3 is 1.00 bits per heavy atom. The summed E-state index contributed by atoms with van der Waals surface area (Å²) in [5.74, 6) is 0. The summed E-state index contributed by atoms with van der Waals surface area (Å²) < 4.78 is 0. The monoisotopic (exact) mass is 270 g/mol. The Morgan fingerprint density at radius 1 is 1.00 bits per heavy atom. The van der Waals surface area contributed by atoms with Crippen LogP contribution in [0.25, 0.3) is 0 Å². The van der Waals surface area contributed by atoms with E-state index in [9.17, 15) is 0 Å². The van der Waals surface area contributed by atoms with Crippen molar-refractivity contribution in [2.24, 2.45) is 0 Å². The molecule has 0 saturated heterocycles. The molecule has 0 aromatic carbocycles. The predicted octanol–water partition coefficient (Wildman–Crippen LogP) is -0.553. The molecule has 0 saturated carbocycles. The van der Waals surface area contributed by atoms with Crippen molar-refractivity contribution < 1.29 is 38.1 Å². The quantitative estimate of drug-likeness (QED) is 0.518. The largest absolute Gasteiger partial charge is 0.0814 e. The van der Waals surface area contributed by atoms with Crippen LogP contribution in [0.4, 0.5) is 0 Å². The fourth-order valence-electron chi connectivity index (χ4n) is 0. The molecule has 0 N–H and O–H groups in total. The third-order valence-electron chi connectivity index (χ3n) is 0. The van der Waals surface area contributed by atoms with Gasteiger partial charge in [0, 0.05) is 38.1 Å². The van der Waals surface area contributed by atoms with Crippen molar-refractivity contribution in [2.75, 3.05) is 0 Å². The summed E-state index contributed by atoms with van der Waals surface area (Å²) in [5.41, 5.74) is 0. The van der Waals surface area contributed by atoms with E-state index in [2.05, 4.69) is 0 Å². The van der Waals surface area contributed by atoms with Gasteiger partial charge in [-0.25, -0.2) is 0 Å². The van der Waals surface area contributed by atoms with Gasteiger partial charge in [-0.05, 0) is 0 Å². The van der Waals surface area contributed by atoms with Gasteiger partial charge in [-0.2, -0.15) is 0 Å². The van der Waals surface area contributed by atoms with Crippen LogP contribution in [-0.4, -0.2) is 8.41 Å². The zero-order valence-electron chi connectivity index (χ0n) is 0.762. The minimum Gasteiger partial charge on any atom is -0.0776 e. The van der Waals surface area contributed by atoms with Gasteiger partial charge in [0.25, 0.3) is 0 Å². The van der Waals surface area contributed by atoms with Crippen LogP contribution in [0.2, 0.25) is 0 Å². The van der Waals surface area contributed by atoms with E-state index < -0.39 is 0 Å². The van der Waals surface area contributed by atoms with Crippen LogP contribution in [0.3, 0.4) is 0 Å². The number of hydrogen-bond acceptors (Lipinski definition) is 0. The molecule has 0 aliphatic rings. The summed E-state index contributed by atoms with van der Waals surface area (Å²) >= 11 is 0. The van der Waals surface area contributed by atoms with E-state index >= 15 is 0 Å². The van der Waals surface area contributed by atoms with Gasteiger partial charge < -0.3 is 0 Å². The SMILES string of the molecule is B.C.[Fe].[W]. The third-order valence-corrected chi connectivity index (χ3v) is 0. The molecule has 28 valence electrons. The minimum atomic E-state index is 0. The zero-order chi connectivity index (χ0) is 0. The van der Waals surface area contributed by atoms with Gasteiger partial charge in [0.2, 0.25) is 0 Å². The number of hydrogen-bond donors (Lipinski definition) is 0. The molecule has 0 spiro atoms. The van der Waals surface area contributed by atoms with Gasteiger partial charge in [-0.3, -0.25) is 0 Å². The molecule has 0 nitrogen and oxygen atoms in total. The van der Waals surface area contributed by atoms with Crippen LogP contribution in [0.1, 0.15) is 7.43 Å². The molecule has 0 bridgehead atoms. The Morgan fingerprint density at radius 2 is 1.00 bits per heavy atom. The van der Waals surface area contributed by atoms with Gasteiger partial charge in [0.1, 0.15) is 0 Å². The van der Waals surface area contributed by atoms with Crippen molar-refractivity contribution in [1.29, 1.82) is 0 Å². The van der Waals surface area contributed by atoms with Crippen molar-refractivity contribution in [3.05, 3.63) is 0 Å². The molecule has 0 amide bonds. The first kappa shape index (κ1) is 59.4. The van der Waals surface area contributed by atoms with Gasteiger partial charge in [0.15, 0.2) is 0 Å². The summed E-state index contributed by atoms with van der Waals surface area (Å²) in [6.07, 6.45) is 0. The normalized spacial score (nSPS) is 0. The summed E-state index contributed by atoms with van der Waals surface area (Å²) in [7, 11) is 0. The fourth-order valence-corrected chi connectivity index (χ4v) is 0. The van der Waals surface area contributed by atoms with Crippen LogP contribution in [0.15, 0.2) is 0 Å². The maximum absolute atomic E-state index is 0. The molecule has 0 heterocycles. The van der Waals surface area contributed by atoms with Crippen molar-refractivity contribution in [3.63, 3.8) is 0 Å². The molecule has 4 heavy (non-hydrogen) atoms. The molecule has 0 unspecified atom stereocenters. The summed E-state index contributed by atoms with van der Waals surface area (Å²) in [6, 6.07) is 0. The Hall–Kier alpha value is 1.27. The second-order valence-electron chi connectivity index (χ2n) is 0. The predicted molar refractivity (Wildman–Crippen MR) is 16.7 cm³/mol. The van der Waals surface area contributed by atoms with E-state index in [-0.39, 0.29) is 54.0 Å². The Balaban J connectivity index is 0. The maximum Gasteiger partial charge on any atom is 0.0814 e. The van der Waals surface area contributed by atoms with E-state index in [1.54, 1.807) is 0 Å². The molecular weight excluding hydrogens is 263 g/mol. The molecule has 0 atom stereocenters. The topological polar surface area (TPSA) is 0 Å². The molecule has 0 aromatic rings. The van der Waals surface area contributed by atoms with E-state index in [4.69, 9.17) is 0 Å². The molecule has 0 aromatic heterocycles. The molecule has 0 rings (SSSR count). The summed E-state index contributed by atoms with van der Waals surface area (Å²) in [6.45, 7) is 0. The first-order valence-corrected chi connectivity index (χ1v) is 0. The van der Waals surface area contributed by atoms with Crippen molar-refractivity contribution in [1.82, 2.24) is 0 Å². The van der Waals surface area contributed by atoms with Crippen molar-refractivity contribution >= 4 is 8.41 Å². The first-order chi connectivity index (χ1) is 0. The first-order valence-electron chi connectivity index (χ1n) is 0. The van der Waals surface area contributed by atoms with Crippen molar-refractivity contribution in [2.45, 2.75) is 7.43 Å². The van der Waals surface area contributed by atoms with Crippen LogP contribution >= 0.6 is 0 Å². The molecule has 3 heteroatoms. The average Bonchev–Trinajstić information content (AvgIpc) is 0. The molecule has 0 aliphatic heterocycles. The van der Waals surface area contributed by atoms with Crippen LogP contribution in [-0.2, 0) is 38.1 Å². The number of rotatable bonds is 0. The minimum absolute atomic E-state index is 0. The van der Waals surface area contributed by atoms with Crippen molar-refractivity contribution in [3.8, 4) is 0 Å². The van der Waals surface area contributed by atoms with Gasteiger partial charge in [0.05, 0.1) is 8.41 Å². The second-order valence-corrected chi connectivity index (χ2v) is 0. The Bertz CT molecular complexity index is 8.00. The molecular formula is CH7BFeW. The Labute approximate surface area is 54.0 Å². The molecule has 0 aliphatic carbocycles. The standard InChI is InChI=1S/CH4.BH3.Fe.W/h1H4;1H3;;. The summed E-state index contributed by atoms with van der Waals surface area (Å²) in [5, 5.41) is 0. The third kappa shape index (κ3) is 10.4. The fraction of sp³-hybridized carbons (Fsp3) is 1.00. The molecule has 0 radical (unpaired) electrons. The van der Waals surface area contributed by atoms with Crippen LogP contribution in [0, 0.1) is 0 Å². The maximum atomic E-state index is 0. The molecule has 0 fully saturated rings. The van der Waals surface area contributed by atoms with Crippen LogP contribution in [0.5, 0.6) is 0 Å². The van der Waals surface area contributed by atoms with Gasteiger partial charge in [-0.15, -0.1) is 0 Å². The summed E-state index contributed by atoms with van der Waals surface area (Å²) in [4.78, 5) is 0. The Kier molecular flexibility index (Phi) is 420. The average molecular weight is 270 g/mol. The van der Waals surface area contributed by atoms with Gasteiger partial charge in [-0.1, -0.05) is 7.43 Å². The van der Waals surface area contributed by atoms with E-state index in [1.165, 1.54) is 0 Å². The van der Waals surface area contributed by atoms with E-state index in [0.29, 0.717) is 0 Å².